The van der Waals surface area contributed by atoms with Crippen molar-refractivity contribution in [2.75, 3.05) is 62.8 Å². The molecule has 1 aromatic heterocycles. The van der Waals surface area contributed by atoms with Crippen LogP contribution in [0.15, 0.2) is 6.07 Å². The van der Waals surface area contributed by atoms with Crippen LogP contribution in [0.2, 0.25) is 0 Å². The molecule has 4 heterocycles. The molecule has 0 saturated carbocycles. The van der Waals surface area contributed by atoms with E-state index in [9.17, 15) is 0 Å². The molecule has 0 aliphatic carbocycles. The maximum Gasteiger partial charge on any atom is 0.124 e. The van der Waals surface area contributed by atoms with E-state index in [1.165, 1.54) is 23.7 Å². The molecule has 2 N–H and O–H groups in total. The van der Waals surface area contributed by atoms with Crippen molar-refractivity contribution >= 4 is 17.6 Å². The van der Waals surface area contributed by atoms with Gasteiger partial charge in [0, 0.05) is 62.5 Å². The van der Waals surface area contributed by atoms with E-state index < -0.39 is 0 Å². The second kappa shape index (κ2) is 7.23. The molecule has 2 saturated heterocycles. The normalized spacial score (nSPS) is 31.0. The molecule has 0 bridgehead atoms. The largest absolute Gasteiger partial charge is 0.379 e. The van der Waals surface area contributed by atoms with Crippen molar-refractivity contribution in [2.45, 2.75) is 25.4 Å². The standard InChI is InChI=1S/C17H29N5OS/c1-14-8-16-19-10-15(11-22(16)20-14)9-18-12-17(2-7-24-13-17)21-3-5-23-6-4-21/h8,15,18-19H,2-7,9-13H2,1H3/t15-,17-/m0/s1. The Morgan fingerprint density at radius 1 is 1.46 bits per heavy atom. The van der Waals surface area contributed by atoms with Crippen molar-refractivity contribution < 1.29 is 4.74 Å². The first-order valence-corrected chi connectivity index (χ1v) is 10.3. The van der Waals surface area contributed by atoms with Crippen LogP contribution in [0.3, 0.4) is 0 Å². The monoisotopic (exact) mass is 351 g/mol. The van der Waals surface area contributed by atoms with E-state index >= 15 is 0 Å². The Hall–Kier alpha value is -0.760. The lowest BCUT2D eigenvalue weighted by atomic mass is 9.95. The number of rotatable bonds is 5. The number of fused-ring (bicyclic) bond motifs is 1. The zero-order chi connectivity index (χ0) is 16.4. The first-order valence-electron chi connectivity index (χ1n) is 9.15. The fourth-order valence-corrected chi connectivity index (χ4v) is 5.64. The van der Waals surface area contributed by atoms with Crippen LogP contribution in [0.5, 0.6) is 0 Å². The average Bonchev–Trinajstić information content (AvgIpc) is 3.22. The number of aryl methyl sites for hydroxylation is 1. The molecule has 0 amide bonds. The van der Waals surface area contributed by atoms with E-state index in [0.29, 0.717) is 11.5 Å². The van der Waals surface area contributed by atoms with Crippen LogP contribution >= 0.6 is 11.8 Å². The number of morpholine rings is 1. The zero-order valence-corrected chi connectivity index (χ0v) is 15.4. The summed E-state index contributed by atoms with van der Waals surface area (Å²) in [5.41, 5.74) is 1.43. The summed E-state index contributed by atoms with van der Waals surface area (Å²) in [6.07, 6.45) is 1.30. The van der Waals surface area contributed by atoms with E-state index in [1.807, 2.05) is 0 Å². The highest BCUT2D eigenvalue weighted by Gasteiger charge is 2.40. The van der Waals surface area contributed by atoms with Crippen LogP contribution < -0.4 is 10.6 Å². The number of nitrogens with one attached hydrogen (secondary N) is 2. The Morgan fingerprint density at radius 2 is 2.33 bits per heavy atom. The summed E-state index contributed by atoms with van der Waals surface area (Å²) in [7, 11) is 0. The fraction of sp³-hybridized carbons (Fsp3) is 0.824. The molecule has 2 fully saturated rings. The molecule has 3 aliphatic heterocycles. The van der Waals surface area contributed by atoms with Gasteiger partial charge in [0.2, 0.25) is 0 Å². The van der Waals surface area contributed by atoms with Gasteiger partial charge in [0.05, 0.1) is 18.9 Å². The van der Waals surface area contributed by atoms with Crippen LogP contribution in [0.4, 0.5) is 5.82 Å². The Kier molecular flexibility index (Phi) is 5.03. The molecule has 1 aromatic rings. The molecule has 4 rings (SSSR count). The van der Waals surface area contributed by atoms with Crippen LogP contribution in [0.25, 0.3) is 0 Å². The smallest absolute Gasteiger partial charge is 0.124 e. The topological polar surface area (TPSA) is 54.4 Å². The number of ether oxygens (including phenoxy) is 1. The van der Waals surface area contributed by atoms with Gasteiger partial charge in [0.15, 0.2) is 0 Å². The lowest BCUT2D eigenvalue weighted by Crippen LogP contribution is -2.59. The zero-order valence-electron chi connectivity index (χ0n) is 14.6. The van der Waals surface area contributed by atoms with Crippen molar-refractivity contribution in [3.05, 3.63) is 11.8 Å². The van der Waals surface area contributed by atoms with Gasteiger partial charge in [0.25, 0.3) is 0 Å². The van der Waals surface area contributed by atoms with Gasteiger partial charge in [0.1, 0.15) is 5.82 Å². The molecule has 0 aromatic carbocycles. The Labute approximate surface area is 148 Å². The highest BCUT2D eigenvalue weighted by atomic mass is 32.2. The quantitative estimate of drug-likeness (QED) is 0.826. The number of hydrogen-bond acceptors (Lipinski definition) is 6. The third-order valence-corrected chi connectivity index (χ3v) is 6.79. The first-order chi connectivity index (χ1) is 11.8. The van der Waals surface area contributed by atoms with Gasteiger partial charge in [-0.05, 0) is 19.1 Å². The summed E-state index contributed by atoms with van der Waals surface area (Å²) in [6.45, 7) is 10.2. The SMILES string of the molecule is Cc1cc2n(n1)C[C@@H](CNC[C@@]1(N3CCOCC3)CCSC1)CN2. The minimum absolute atomic E-state index is 0.337. The van der Waals surface area contributed by atoms with Crippen molar-refractivity contribution in [1.82, 2.24) is 20.0 Å². The molecule has 0 radical (unpaired) electrons. The Bertz CT molecular complexity index is 551. The second-order valence-electron chi connectivity index (χ2n) is 7.36. The minimum atomic E-state index is 0.337. The molecule has 3 aliphatic rings. The summed E-state index contributed by atoms with van der Waals surface area (Å²) in [4.78, 5) is 2.68. The molecular weight excluding hydrogens is 322 g/mol. The Morgan fingerprint density at radius 3 is 3.12 bits per heavy atom. The summed E-state index contributed by atoms with van der Waals surface area (Å²) >= 11 is 2.11. The second-order valence-corrected chi connectivity index (χ2v) is 8.46. The van der Waals surface area contributed by atoms with Gasteiger partial charge < -0.3 is 15.4 Å². The molecule has 134 valence electrons. The van der Waals surface area contributed by atoms with Crippen LogP contribution in [0.1, 0.15) is 12.1 Å². The first kappa shape index (κ1) is 16.7. The molecule has 0 spiro atoms. The van der Waals surface area contributed by atoms with Crippen LogP contribution in [-0.4, -0.2) is 77.7 Å². The van der Waals surface area contributed by atoms with Gasteiger partial charge in [-0.1, -0.05) is 0 Å². The number of hydrogen-bond donors (Lipinski definition) is 2. The minimum Gasteiger partial charge on any atom is -0.379 e. The predicted molar refractivity (Wildman–Crippen MR) is 98.9 cm³/mol. The van der Waals surface area contributed by atoms with Crippen LogP contribution in [-0.2, 0) is 11.3 Å². The third kappa shape index (κ3) is 3.45. The van der Waals surface area contributed by atoms with E-state index in [0.717, 1.165) is 58.2 Å². The lowest BCUT2D eigenvalue weighted by Gasteiger charge is -2.43. The number of nitrogens with zero attached hydrogens (tertiary/aromatic N) is 3. The lowest BCUT2D eigenvalue weighted by molar-refractivity contribution is -0.0135. The van der Waals surface area contributed by atoms with Gasteiger partial charge in [-0.2, -0.15) is 16.9 Å². The van der Waals surface area contributed by atoms with Crippen LogP contribution in [0, 0.1) is 12.8 Å². The molecule has 2 atom stereocenters. The number of thioether (sulfide) groups is 1. The third-order valence-electron chi connectivity index (χ3n) is 5.56. The summed E-state index contributed by atoms with van der Waals surface area (Å²) in [5, 5.41) is 11.9. The van der Waals surface area contributed by atoms with E-state index in [2.05, 4.69) is 50.1 Å². The van der Waals surface area contributed by atoms with Crippen molar-refractivity contribution in [3.63, 3.8) is 0 Å². The maximum absolute atomic E-state index is 5.55. The summed E-state index contributed by atoms with van der Waals surface area (Å²) in [5.74, 6) is 4.32. The Balaban J connectivity index is 1.31. The molecule has 0 unspecified atom stereocenters. The van der Waals surface area contributed by atoms with E-state index in [-0.39, 0.29) is 0 Å². The van der Waals surface area contributed by atoms with Crippen molar-refractivity contribution in [2.24, 2.45) is 5.92 Å². The molecule has 7 heteroatoms. The maximum atomic E-state index is 5.55. The van der Waals surface area contributed by atoms with Gasteiger partial charge in [-0.3, -0.25) is 4.90 Å². The van der Waals surface area contributed by atoms with Gasteiger partial charge in [-0.25, -0.2) is 4.68 Å². The van der Waals surface area contributed by atoms with E-state index in [1.54, 1.807) is 0 Å². The van der Waals surface area contributed by atoms with Gasteiger partial charge in [-0.15, -0.1) is 0 Å². The highest BCUT2D eigenvalue weighted by Crippen LogP contribution is 2.33. The number of anilines is 1. The molecule has 24 heavy (non-hydrogen) atoms. The van der Waals surface area contributed by atoms with Gasteiger partial charge >= 0.3 is 0 Å². The predicted octanol–water partition coefficient (Wildman–Crippen LogP) is 1.03. The summed E-state index contributed by atoms with van der Waals surface area (Å²) < 4.78 is 7.67. The summed E-state index contributed by atoms with van der Waals surface area (Å²) in [6, 6.07) is 2.13. The molecular formula is C17H29N5OS. The number of aromatic nitrogens is 2. The highest BCUT2D eigenvalue weighted by molar-refractivity contribution is 7.99. The average molecular weight is 352 g/mol. The van der Waals surface area contributed by atoms with Crippen molar-refractivity contribution in [1.29, 1.82) is 0 Å². The molecule has 6 nitrogen and oxygen atoms in total. The fourth-order valence-electron chi connectivity index (χ4n) is 4.17. The van der Waals surface area contributed by atoms with E-state index in [4.69, 9.17) is 4.74 Å². The van der Waals surface area contributed by atoms with Crippen molar-refractivity contribution in [3.8, 4) is 0 Å².